The summed E-state index contributed by atoms with van der Waals surface area (Å²) < 4.78 is 20.3. The predicted molar refractivity (Wildman–Crippen MR) is 246 cm³/mol. The molecule has 0 aromatic heterocycles. The number of nitrogens with one attached hydrogen (secondary N) is 1. The molecule has 15 heteroatoms. The summed E-state index contributed by atoms with van der Waals surface area (Å²) in [4.78, 5) is 55.7. The molecule has 0 radical (unpaired) electrons. The fraction of sp³-hybridized carbons (Fsp3) is 0.918. The van der Waals surface area contributed by atoms with Gasteiger partial charge < -0.3 is 34.8 Å². The fourth-order valence-corrected chi connectivity index (χ4v) is 13.3. The number of carbonyl (C=O) groups excluding carboxylic acids is 1. The largest absolute Gasteiger partial charge is 0.480 e. The highest BCUT2D eigenvalue weighted by atomic mass is 16.5. The molecule has 15 nitrogen and oxygen atoms in total. The first-order chi connectivity index (χ1) is 30.6. The van der Waals surface area contributed by atoms with Crippen molar-refractivity contribution in [1.29, 1.82) is 0 Å². The molecule has 4 saturated carbocycles. The van der Waals surface area contributed by atoms with Crippen LogP contribution in [-0.4, -0.2) is 182 Å². The van der Waals surface area contributed by atoms with E-state index >= 15 is 0 Å². The van der Waals surface area contributed by atoms with Crippen molar-refractivity contribution in [2.75, 3.05) is 105 Å². The highest BCUT2D eigenvalue weighted by Gasteiger charge is 2.66. The molecule has 0 aromatic carbocycles. The molecule has 2 unspecified atom stereocenters. The number of carbonyl (C=O) groups is 4. The second-order valence-electron chi connectivity index (χ2n) is 20.8. The maximum absolute atomic E-state index is 13.5. The Kier molecular flexibility index (Phi) is 20.6. The smallest absolute Gasteiger partial charge is 0.317 e. The van der Waals surface area contributed by atoms with Crippen LogP contribution in [0.2, 0.25) is 0 Å². The first-order valence-electron chi connectivity index (χ1n) is 25.3. The number of amides is 1. The van der Waals surface area contributed by atoms with Crippen LogP contribution < -0.4 is 5.32 Å². The number of hydrogen-bond acceptors (Lipinski definition) is 11. The third-order valence-electron chi connectivity index (χ3n) is 16.6. The highest BCUT2D eigenvalue weighted by molar-refractivity contribution is 5.78. The van der Waals surface area contributed by atoms with E-state index in [9.17, 15) is 34.5 Å². The standard InChI is InChI=1S/C49H87N5O10/c1-7-25-62-37-14-15-48(5)36(28-37)29-41(63-26-8-2)47-39-13-12-38(49(39,6)42(30-40(47)48)64-27-9-3)35(4)11-10-16-50-43(55)31-51-17-19-52(32-44(56)57)21-23-54(34-46(60)61)24-22-53(20-18-51)33-45(58)59/h35-42,47H,7-34H2,1-6H3,(H,50,55)(H,56,57)(H,58,59)(H,60,61)/t35-,36?,37-,38-,39+,40+,41-,42+,47?,48+,49-/m1/s1. The van der Waals surface area contributed by atoms with Crippen molar-refractivity contribution >= 4 is 23.8 Å². The predicted octanol–water partition coefficient (Wildman–Crippen LogP) is 5.26. The van der Waals surface area contributed by atoms with Crippen molar-refractivity contribution in [3.8, 4) is 0 Å². The van der Waals surface area contributed by atoms with Crippen molar-refractivity contribution in [3.63, 3.8) is 0 Å². The van der Waals surface area contributed by atoms with Crippen molar-refractivity contribution < 1.29 is 48.7 Å². The lowest BCUT2D eigenvalue weighted by Crippen LogP contribution is -2.63. The van der Waals surface area contributed by atoms with Gasteiger partial charge in [-0.3, -0.25) is 38.8 Å². The molecule has 1 amide bonds. The summed E-state index contributed by atoms with van der Waals surface area (Å²) in [5.74, 6) is 0.219. The third-order valence-corrected chi connectivity index (χ3v) is 16.6. The molecule has 5 rings (SSSR count). The Morgan fingerprint density at radius 2 is 1.17 bits per heavy atom. The molecule has 368 valence electrons. The van der Waals surface area contributed by atoms with E-state index in [1.165, 1.54) is 19.3 Å². The van der Waals surface area contributed by atoms with E-state index in [2.05, 4.69) is 46.9 Å². The second kappa shape index (κ2) is 25.1. The minimum absolute atomic E-state index is 0.0516. The zero-order chi connectivity index (χ0) is 46.4. The van der Waals surface area contributed by atoms with Gasteiger partial charge in [-0.2, -0.15) is 0 Å². The van der Waals surface area contributed by atoms with E-state index in [4.69, 9.17) is 14.2 Å². The van der Waals surface area contributed by atoms with Crippen LogP contribution in [0.15, 0.2) is 0 Å². The summed E-state index contributed by atoms with van der Waals surface area (Å²) in [6.07, 6.45) is 14.0. The number of rotatable bonds is 22. The van der Waals surface area contributed by atoms with Gasteiger partial charge in [-0.15, -0.1) is 0 Å². The van der Waals surface area contributed by atoms with Gasteiger partial charge in [0.1, 0.15) is 0 Å². The van der Waals surface area contributed by atoms with Gasteiger partial charge in [0.05, 0.1) is 44.5 Å². The number of aliphatic carboxylic acids is 3. The molecule has 4 N–H and O–H groups in total. The molecule has 0 bridgehead atoms. The van der Waals surface area contributed by atoms with Gasteiger partial charge >= 0.3 is 17.9 Å². The molecule has 0 aromatic rings. The number of hydrogen-bond donors (Lipinski definition) is 4. The Balaban J connectivity index is 1.21. The lowest BCUT2D eigenvalue weighted by atomic mass is 9.43. The van der Waals surface area contributed by atoms with E-state index in [-0.39, 0.29) is 55.1 Å². The first kappa shape index (κ1) is 52.6. The minimum atomic E-state index is -0.993. The Morgan fingerprint density at radius 3 is 1.70 bits per heavy atom. The normalized spacial score (nSPS) is 34.1. The molecule has 0 spiro atoms. The molecule has 5 fully saturated rings. The maximum atomic E-state index is 13.5. The number of carboxylic acids is 3. The van der Waals surface area contributed by atoms with Gasteiger partial charge in [-0.05, 0) is 118 Å². The number of fused-ring (bicyclic) bond motifs is 5. The number of nitrogens with zero attached hydrogens (tertiary/aromatic N) is 4. The molecule has 1 saturated heterocycles. The van der Waals surface area contributed by atoms with Crippen LogP contribution >= 0.6 is 0 Å². The van der Waals surface area contributed by atoms with Crippen LogP contribution in [0.25, 0.3) is 0 Å². The molecule has 64 heavy (non-hydrogen) atoms. The lowest BCUT2D eigenvalue weighted by Gasteiger charge is -2.65. The van der Waals surface area contributed by atoms with E-state index in [1.807, 2.05) is 4.90 Å². The Morgan fingerprint density at radius 1 is 0.656 bits per heavy atom. The summed E-state index contributed by atoms with van der Waals surface area (Å²) in [5.41, 5.74) is 0.320. The minimum Gasteiger partial charge on any atom is -0.480 e. The van der Waals surface area contributed by atoms with Crippen molar-refractivity contribution in [2.45, 2.75) is 137 Å². The summed E-state index contributed by atoms with van der Waals surface area (Å²) in [5, 5.41) is 31.8. The fourth-order valence-electron chi connectivity index (χ4n) is 13.3. The summed E-state index contributed by atoms with van der Waals surface area (Å²) in [6, 6.07) is 0. The molecular weight excluding hydrogens is 819 g/mol. The van der Waals surface area contributed by atoms with Crippen LogP contribution in [-0.2, 0) is 33.4 Å². The van der Waals surface area contributed by atoms with Crippen LogP contribution in [0.1, 0.15) is 119 Å². The number of carboxylic acid groups (broad SMARTS) is 3. The van der Waals surface area contributed by atoms with Crippen LogP contribution in [0, 0.1) is 46.3 Å². The zero-order valence-electron chi connectivity index (χ0n) is 40.5. The van der Waals surface area contributed by atoms with Crippen LogP contribution in [0.5, 0.6) is 0 Å². The quantitative estimate of drug-likeness (QED) is 0.103. The summed E-state index contributed by atoms with van der Waals surface area (Å²) in [7, 11) is 0. The van der Waals surface area contributed by atoms with Gasteiger partial charge in [-0.25, -0.2) is 0 Å². The second-order valence-corrected chi connectivity index (χ2v) is 20.8. The Labute approximate surface area is 384 Å². The topological polar surface area (TPSA) is 182 Å². The monoisotopic (exact) mass is 906 g/mol. The van der Waals surface area contributed by atoms with E-state index in [0.29, 0.717) is 101 Å². The van der Waals surface area contributed by atoms with Crippen LogP contribution in [0.3, 0.4) is 0 Å². The molecule has 4 aliphatic carbocycles. The Bertz CT molecular complexity index is 1460. The maximum Gasteiger partial charge on any atom is 0.317 e. The van der Waals surface area contributed by atoms with Gasteiger partial charge in [0.25, 0.3) is 0 Å². The first-order valence-corrected chi connectivity index (χ1v) is 25.3. The summed E-state index contributed by atoms with van der Waals surface area (Å²) >= 11 is 0. The Hall–Kier alpha value is -2.40. The molecule has 1 aliphatic heterocycles. The molecule has 5 aliphatic rings. The highest BCUT2D eigenvalue weighted by Crippen LogP contribution is 2.69. The zero-order valence-corrected chi connectivity index (χ0v) is 40.5. The lowest BCUT2D eigenvalue weighted by molar-refractivity contribution is -0.227. The van der Waals surface area contributed by atoms with Gasteiger partial charge in [0.15, 0.2) is 0 Å². The van der Waals surface area contributed by atoms with E-state index in [0.717, 1.165) is 77.6 Å². The SMILES string of the molecule is CCCO[C@@H]1CC[C@@]2(C)C(C1)C[C@@H](OCCC)C1[C@@H]3CC[C@H]([C@H](C)CCCNC(=O)CN4CCN(CC(=O)O)CCN(CC(=O)O)CCN(CC(=O)O)CC4)[C@@]3(C)[C@@H](OCCC)C[C@@H]12. The average Bonchev–Trinajstić information content (AvgIpc) is 3.61. The van der Waals surface area contributed by atoms with Gasteiger partial charge in [0, 0.05) is 84.1 Å². The van der Waals surface area contributed by atoms with Gasteiger partial charge in [0.2, 0.25) is 5.91 Å². The van der Waals surface area contributed by atoms with Crippen molar-refractivity contribution in [3.05, 3.63) is 0 Å². The van der Waals surface area contributed by atoms with E-state index in [1.54, 1.807) is 14.7 Å². The van der Waals surface area contributed by atoms with Gasteiger partial charge in [-0.1, -0.05) is 41.5 Å². The van der Waals surface area contributed by atoms with Crippen molar-refractivity contribution in [2.24, 2.45) is 46.3 Å². The molecular formula is C49H87N5O10. The number of ether oxygens (including phenoxy) is 3. The summed E-state index contributed by atoms with van der Waals surface area (Å²) in [6.45, 7) is 19.7. The average molecular weight is 906 g/mol. The van der Waals surface area contributed by atoms with Crippen LogP contribution in [0.4, 0.5) is 0 Å². The van der Waals surface area contributed by atoms with Crippen molar-refractivity contribution in [1.82, 2.24) is 24.9 Å². The van der Waals surface area contributed by atoms with E-state index < -0.39 is 17.9 Å². The molecule has 11 atom stereocenters. The third kappa shape index (κ3) is 13.8. The molecule has 1 heterocycles.